The molecule has 0 fully saturated rings. The van der Waals surface area contributed by atoms with Crippen LogP contribution in [0.5, 0.6) is 0 Å². The molecule has 0 aliphatic rings. The van der Waals surface area contributed by atoms with Crippen LogP contribution in [0.15, 0.2) is 77.3 Å². The lowest BCUT2D eigenvalue weighted by Gasteiger charge is -2.10. The molecule has 162 valence electrons. The summed E-state index contributed by atoms with van der Waals surface area (Å²) in [6.07, 6.45) is 0. The van der Waals surface area contributed by atoms with Gasteiger partial charge in [-0.25, -0.2) is 4.39 Å². The van der Waals surface area contributed by atoms with E-state index in [9.17, 15) is 14.0 Å². The molecule has 0 unspecified atom stereocenters. The lowest BCUT2D eigenvalue weighted by atomic mass is 10.2. The zero-order valence-corrected chi connectivity index (χ0v) is 18.3. The molecule has 0 saturated heterocycles. The highest BCUT2D eigenvalue weighted by Gasteiger charge is 2.17. The number of thiophene rings is 1. The number of nitrogens with one attached hydrogen (secondary N) is 2. The molecule has 2 heterocycles. The van der Waals surface area contributed by atoms with Gasteiger partial charge in [-0.1, -0.05) is 48.2 Å². The highest BCUT2D eigenvalue weighted by atomic mass is 32.2. The minimum absolute atomic E-state index is 0.0288. The molecule has 4 rings (SSSR count). The molecule has 0 radical (unpaired) electrons. The Morgan fingerprint density at radius 1 is 0.969 bits per heavy atom. The minimum Gasteiger partial charge on any atom is -0.297 e. The third-order valence-corrected chi connectivity index (χ3v) is 6.23. The van der Waals surface area contributed by atoms with Gasteiger partial charge in [-0.3, -0.25) is 25.0 Å². The normalized spacial score (nSPS) is 10.7. The molecule has 0 aliphatic carbocycles. The largest absolute Gasteiger partial charge is 0.297 e. The molecule has 4 aromatic rings. The number of carbonyl (C=O) groups is 2. The monoisotopic (exact) mass is 467 g/mol. The average molecular weight is 468 g/mol. The maximum atomic E-state index is 13.0. The number of halogens is 1. The van der Waals surface area contributed by atoms with E-state index in [-0.39, 0.29) is 11.3 Å². The number of carbonyl (C=O) groups excluding carboxylic acids is 2. The number of nitrogens with zero attached hydrogens (tertiary/aromatic N) is 3. The predicted octanol–water partition coefficient (Wildman–Crippen LogP) is 3.75. The molecule has 2 aromatic carbocycles. The van der Waals surface area contributed by atoms with Gasteiger partial charge in [0.15, 0.2) is 11.0 Å². The van der Waals surface area contributed by atoms with Gasteiger partial charge in [-0.05, 0) is 41.3 Å². The molecule has 7 nitrogen and oxygen atoms in total. The summed E-state index contributed by atoms with van der Waals surface area (Å²) in [5.41, 5.74) is 6.01. The van der Waals surface area contributed by atoms with Crippen LogP contribution >= 0.6 is 23.1 Å². The van der Waals surface area contributed by atoms with Crippen molar-refractivity contribution in [3.8, 4) is 10.7 Å². The summed E-state index contributed by atoms with van der Waals surface area (Å²) in [6.45, 7) is 0.562. The summed E-state index contributed by atoms with van der Waals surface area (Å²) in [5, 5.41) is 11.2. The molecule has 0 aliphatic heterocycles. The number of thioether (sulfide) groups is 1. The number of amides is 2. The van der Waals surface area contributed by atoms with Gasteiger partial charge in [0.1, 0.15) is 5.82 Å². The van der Waals surface area contributed by atoms with E-state index < -0.39 is 17.6 Å². The highest BCUT2D eigenvalue weighted by molar-refractivity contribution is 7.99. The maximum Gasteiger partial charge on any atom is 0.269 e. The zero-order valence-electron chi connectivity index (χ0n) is 16.7. The second kappa shape index (κ2) is 10.2. The summed E-state index contributed by atoms with van der Waals surface area (Å²) >= 11 is 2.79. The van der Waals surface area contributed by atoms with Gasteiger partial charge >= 0.3 is 0 Å². The Bertz CT molecular complexity index is 1200. The first kappa shape index (κ1) is 21.7. The van der Waals surface area contributed by atoms with Gasteiger partial charge in [0, 0.05) is 5.56 Å². The minimum atomic E-state index is -0.532. The molecular formula is C22H18FN5O2S2. The lowest BCUT2D eigenvalue weighted by Crippen LogP contribution is -2.42. The summed E-state index contributed by atoms with van der Waals surface area (Å²) in [6, 6.07) is 18.9. The van der Waals surface area contributed by atoms with Crippen molar-refractivity contribution in [2.45, 2.75) is 11.7 Å². The average Bonchev–Trinajstić information content (AvgIpc) is 3.47. The fourth-order valence-electron chi connectivity index (χ4n) is 2.86. The van der Waals surface area contributed by atoms with Crippen LogP contribution in [-0.4, -0.2) is 32.3 Å². The smallest absolute Gasteiger partial charge is 0.269 e. The van der Waals surface area contributed by atoms with Gasteiger partial charge in [-0.2, -0.15) is 0 Å². The third-order valence-electron chi connectivity index (χ3n) is 4.40. The van der Waals surface area contributed by atoms with E-state index >= 15 is 0 Å². The van der Waals surface area contributed by atoms with Crippen molar-refractivity contribution in [3.05, 3.63) is 89.1 Å². The first-order chi connectivity index (χ1) is 15.6. The van der Waals surface area contributed by atoms with E-state index in [0.29, 0.717) is 11.7 Å². The van der Waals surface area contributed by atoms with Crippen LogP contribution < -0.4 is 10.9 Å². The number of rotatable bonds is 7. The second-order valence-corrected chi connectivity index (χ2v) is 8.54. The summed E-state index contributed by atoms with van der Waals surface area (Å²) in [5.74, 6) is -0.617. The highest BCUT2D eigenvalue weighted by Crippen LogP contribution is 2.28. The van der Waals surface area contributed by atoms with Crippen LogP contribution in [0.4, 0.5) is 4.39 Å². The van der Waals surface area contributed by atoms with E-state index in [1.54, 1.807) is 11.3 Å². The lowest BCUT2D eigenvalue weighted by molar-refractivity contribution is -0.119. The SMILES string of the molecule is O=C(CSc1nnc(-c2cccs2)n1Cc1ccccc1)NNC(=O)c1ccc(F)cc1. The molecule has 10 heteroatoms. The number of benzene rings is 2. The van der Waals surface area contributed by atoms with Gasteiger partial charge in [0.25, 0.3) is 5.91 Å². The quantitative estimate of drug-likeness (QED) is 0.319. The molecule has 0 saturated carbocycles. The molecular weight excluding hydrogens is 449 g/mol. The van der Waals surface area contributed by atoms with Crippen LogP contribution in [0, 0.1) is 5.82 Å². The van der Waals surface area contributed by atoms with Gasteiger partial charge < -0.3 is 0 Å². The van der Waals surface area contributed by atoms with Crippen molar-refractivity contribution < 1.29 is 14.0 Å². The fraction of sp³-hybridized carbons (Fsp3) is 0.0909. The Kier molecular flexibility index (Phi) is 6.93. The molecule has 2 amide bonds. The van der Waals surface area contributed by atoms with Crippen LogP contribution in [0.2, 0.25) is 0 Å². The predicted molar refractivity (Wildman–Crippen MR) is 122 cm³/mol. The van der Waals surface area contributed by atoms with Gasteiger partial charge in [0.05, 0.1) is 17.2 Å². The third kappa shape index (κ3) is 5.40. The number of hydrogen-bond acceptors (Lipinski definition) is 6. The molecule has 2 aromatic heterocycles. The Labute approximate surface area is 191 Å². The Balaban J connectivity index is 1.40. The molecule has 0 spiro atoms. The van der Waals surface area contributed by atoms with E-state index in [4.69, 9.17) is 0 Å². The fourth-order valence-corrected chi connectivity index (χ4v) is 4.31. The van der Waals surface area contributed by atoms with Crippen LogP contribution in [-0.2, 0) is 11.3 Å². The summed E-state index contributed by atoms with van der Waals surface area (Å²) < 4.78 is 14.9. The first-order valence-electron chi connectivity index (χ1n) is 9.59. The second-order valence-electron chi connectivity index (χ2n) is 6.65. The maximum absolute atomic E-state index is 13.0. The van der Waals surface area contributed by atoms with Crippen LogP contribution in [0.3, 0.4) is 0 Å². The van der Waals surface area contributed by atoms with E-state index in [2.05, 4.69) is 21.0 Å². The van der Waals surface area contributed by atoms with E-state index in [1.807, 2.05) is 52.4 Å². The van der Waals surface area contributed by atoms with Crippen molar-refractivity contribution in [3.63, 3.8) is 0 Å². The molecule has 32 heavy (non-hydrogen) atoms. The first-order valence-corrected chi connectivity index (χ1v) is 11.5. The standard InChI is InChI=1S/C22H18FN5O2S2/c23-17-10-8-16(9-11-17)21(30)26-24-19(29)14-32-22-27-25-20(18-7-4-12-31-18)28(22)13-15-5-2-1-3-6-15/h1-12H,13-14H2,(H,24,29)(H,26,30). The van der Waals surface area contributed by atoms with Gasteiger partial charge in [-0.15, -0.1) is 21.5 Å². The van der Waals surface area contributed by atoms with E-state index in [0.717, 1.165) is 16.3 Å². The zero-order chi connectivity index (χ0) is 22.3. The van der Waals surface area contributed by atoms with Crippen LogP contribution in [0.25, 0.3) is 10.7 Å². The van der Waals surface area contributed by atoms with Crippen molar-refractivity contribution in [1.82, 2.24) is 25.6 Å². The van der Waals surface area contributed by atoms with Crippen molar-refractivity contribution in [2.24, 2.45) is 0 Å². The summed E-state index contributed by atoms with van der Waals surface area (Å²) in [4.78, 5) is 25.3. The number of hydrazine groups is 1. The van der Waals surface area contributed by atoms with Gasteiger partial charge in [0.2, 0.25) is 5.91 Å². The molecule has 0 atom stereocenters. The van der Waals surface area contributed by atoms with Crippen LogP contribution in [0.1, 0.15) is 15.9 Å². The van der Waals surface area contributed by atoms with Crippen molar-refractivity contribution in [1.29, 1.82) is 0 Å². The van der Waals surface area contributed by atoms with Crippen molar-refractivity contribution in [2.75, 3.05) is 5.75 Å². The van der Waals surface area contributed by atoms with Crippen molar-refractivity contribution >= 4 is 34.9 Å². The Morgan fingerprint density at radius 2 is 1.75 bits per heavy atom. The Morgan fingerprint density at radius 3 is 2.47 bits per heavy atom. The Hall–Kier alpha value is -3.50. The number of hydrogen-bond donors (Lipinski definition) is 2. The topological polar surface area (TPSA) is 88.9 Å². The molecule has 2 N–H and O–H groups in total. The number of aromatic nitrogens is 3. The van der Waals surface area contributed by atoms with E-state index in [1.165, 1.54) is 36.0 Å². The summed E-state index contributed by atoms with van der Waals surface area (Å²) in [7, 11) is 0. The molecule has 0 bridgehead atoms.